The summed E-state index contributed by atoms with van der Waals surface area (Å²) < 4.78 is 10.9. The van der Waals surface area contributed by atoms with Crippen molar-refractivity contribution in [3.8, 4) is 0 Å². The van der Waals surface area contributed by atoms with Gasteiger partial charge in [0, 0.05) is 6.92 Å². The number of imide groups is 1. The molecule has 0 N–H and O–H groups in total. The average Bonchev–Trinajstić information content (AvgIpc) is 3.18. The summed E-state index contributed by atoms with van der Waals surface area (Å²) in [7, 11) is 0. The molecule has 0 fully saturated rings. The lowest BCUT2D eigenvalue weighted by Gasteiger charge is -2.11. The van der Waals surface area contributed by atoms with Gasteiger partial charge in [-0.05, 0) is 25.0 Å². The second-order valence-electron chi connectivity index (χ2n) is 10.7. The Morgan fingerprint density at radius 3 is 1.27 bits per heavy atom. The van der Waals surface area contributed by atoms with Crippen LogP contribution in [0.1, 0.15) is 165 Å². The molecule has 9 heteroatoms. The highest BCUT2D eigenvalue weighted by Crippen LogP contribution is 2.28. The molecule has 0 spiro atoms. The lowest BCUT2D eigenvalue weighted by molar-refractivity contribution is -0.165. The molecule has 2 rings (SSSR count). The topological polar surface area (TPSA) is 116 Å². The average molecular weight is 574 g/mol. The number of hydrogen-bond donors (Lipinski definition) is 0. The SMILES string of the molecule is CCCCCCCCCCOC(=O)c1cc2c(cc1C(=O)OCCCCCCCCCC)C(=O)N(OC(C)=O)C2=O. The minimum Gasteiger partial charge on any atom is -0.462 e. The summed E-state index contributed by atoms with van der Waals surface area (Å²) in [6, 6.07) is 2.31. The molecule has 2 amide bonds. The van der Waals surface area contributed by atoms with Crippen LogP contribution in [0.5, 0.6) is 0 Å². The van der Waals surface area contributed by atoms with E-state index in [1.165, 1.54) is 51.4 Å². The van der Waals surface area contributed by atoms with Gasteiger partial charge in [0.25, 0.3) is 11.8 Å². The third kappa shape index (κ3) is 11.3. The van der Waals surface area contributed by atoms with E-state index < -0.39 is 29.7 Å². The van der Waals surface area contributed by atoms with E-state index in [0.29, 0.717) is 17.9 Å². The summed E-state index contributed by atoms with van der Waals surface area (Å²) in [5.41, 5.74) is -0.602. The number of rotatable bonds is 21. The number of fused-ring (bicyclic) bond motifs is 1. The van der Waals surface area contributed by atoms with Gasteiger partial charge in [-0.1, -0.05) is 109 Å². The number of amides is 2. The van der Waals surface area contributed by atoms with Gasteiger partial charge in [0.05, 0.1) is 35.5 Å². The number of unbranched alkanes of at least 4 members (excludes halogenated alkanes) is 14. The molecule has 0 saturated carbocycles. The van der Waals surface area contributed by atoms with E-state index in [4.69, 9.17) is 14.3 Å². The Morgan fingerprint density at radius 1 is 0.585 bits per heavy atom. The molecular weight excluding hydrogens is 526 g/mol. The van der Waals surface area contributed by atoms with Crippen molar-refractivity contribution in [2.45, 2.75) is 124 Å². The fourth-order valence-corrected chi connectivity index (χ4v) is 4.77. The van der Waals surface area contributed by atoms with E-state index >= 15 is 0 Å². The monoisotopic (exact) mass is 573 g/mol. The van der Waals surface area contributed by atoms with Crippen LogP contribution in [0.25, 0.3) is 0 Å². The Balaban J connectivity index is 2.02. The van der Waals surface area contributed by atoms with Gasteiger partial charge in [-0.25, -0.2) is 14.4 Å². The molecule has 228 valence electrons. The van der Waals surface area contributed by atoms with E-state index in [0.717, 1.165) is 57.6 Å². The quantitative estimate of drug-likeness (QED) is 0.0851. The highest BCUT2D eigenvalue weighted by atomic mass is 16.7. The Labute approximate surface area is 244 Å². The summed E-state index contributed by atoms with van der Waals surface area (Å²) in [4.78, 5) is 67.7. The molecule has 1 aliphatic rings. The largest absolute Gasteiger partial charge is 0.462 e. The van der Waals surface area contributed by atoms with Crippen LogP contribution in [0, 0.1) is 0 Å². The number of esters is 2. The molecule has 0 saturated heterocycles. The Hall–Kier alpha value is -3.23. The van der Waals surface area contributed by atoms with Crippen LogP contribution in [0.15, 0.2) is 12.1 Å². The maximum Gasteiger partial charge on any atom is 0.339 e. The maximum absolute atomic E-state index is 13.0. The minimum atomic E-state index is -0.892. The highest BCUT2D eigenvalue weighted by Gasteiger charge is 2.41. The standard InChI is InChI=1S/C32H47NO8/c1-4-6-8-10-12-14-16-18-20-39-31(37)27-22-25-26(30(36)33(29(25)35)41-24(3)34)23-28(27)32(38)40-21-19-17-15-13-11-9-7-5-2/h22-23H,4-21H2,1-3H3. The number of carbonyl (C=O) groups is 5. The number of carbonyl (C=O) groups excluding carboxylic acids is 5. The van der Waals surface area contributed by atoms with E-state index in [1.807, 2.05) is 0 Å². The van der Waals surface area contributed by atoms with E-state index in [-0.39, 0.29) is 35.5 Å². The third-order valence-corrected chi connectivity index (χ3v) is 7.11. The molecule has 1 heterocycles. The molecule has 0 aromatic heterocycles. The van der Waals surface area contributed by atoms with Gasteiger partial charge in [-0.2, -0.15) is 0 Å². The molecule has 0 radical (unpaired) electrons. The van der Waals surface area contributed by atoms with Crippen molar-refractivity contribution in [3.63, 3.8) is 0 Å². The summed E-state index contributed by atoms with van der Waals surface area (Å²) in [5.74, 6) is -4.19. The normalized spacial score (nSPS) is 12.4. The molecule has 0 bridgehead atoms. The summed E-state index contributed by atoms with van der Waals surface area (Å²) in [5, 5.41) is 0.332. The van der Waals surface area contributed by atoms with Crippen LogP contribution in [0.2, 0.25) is 0 Å². The Bertz CT molecular complexity index is 962. The summed E-state index contributed by atoms with van der Waals surface area (Å²) in [6.45, 7) is 5.77. The molecule has 41 heavy (non-hydrogen) atoms. The molecule has 0 atom stereocenters. The zero-order valence-corrected chi connectivity index (χ0v) is 25.1. The number of hydroxylamine groups is 2. The van der Waals surface area contributed by atoms with Crippen molar-refractivity contribution in [2.75, 3.05) is 13.2 Å². The van der Waals surface area contributed by atoms with Gasteiger partial charge in [-0.15, -0.1) is 0 Å². The van der Waals surface area contributed by atoms with Crippen molar-refractivity contribution in [1.82, 2.24) is 5.06 Å². The zero-order valence-electron chi connectivity index (χ0n) is 25.1. The van der Waals surface area contributed by atoms with Crippen LogP contribution in [-0.2, 0) is 19.1 Å². The van der Waals surface area contributed by atoms with Gasteiger partial charge in [-0.3, -0.25) is 9.59 Å². The number of benzene rings is 1. The van der Waals surface area contributed by atoms with Gasteiger partial charge >= 0.3 is 17.9 Å². The molecule has 0 aliphatic carbocycles. The number of nitrogens with zero attached hydrogens (tertiary/aromatic N) is 1. The Morgan fingerprint density at radius 2 is 0.927 bits per heavy atom. The first-order valence-corrected chi connectivity index (χ1v) is 15.4. The van der Waals surface area contributed by atoms with Crippen LogP contribution in [0.3, 0.4) is 0 Å². The van der Waals surface area contributed by atoms with Crippen molar-refractivity contribution >= 4 is 29.7 Å². The smallest absolute Gasteiger partial charge is 0.339 e. The first-order chi connectivity index (χ1) is 19.8. The predicted molar refractivity (Wildman–Crippen MR) is 154 cm³/mol. The van der Waals surface area contributed by atoms with Crippen molar-refractivity contribution < 1.29 is 38.3 Å². The van der Waals surface area contributed by atoms with Gasteiger partial charge < -0.3 is 14.3 Å². The van der Waals surface area contributed by atoms with Gasteiger partial charge in [0.1, 0.15) is 0 Å². The zero-order chi connectivity index (χ0) is 30.0. The van der Waals surface area contributed by atoms with E-state index in [9.17, 15) is 24.0 Å². The van der Waals surface area contributed by atoms with Crippen LogP contribution in [0.4, 0.5) is 0 Å². The lowest BCUT2D eigenvalue weighted by atomic mass is 9.99. The fraction of sp³-hybridized carbons (Fsp3) is 0.656. The van der Waals surface area contributed by atoms with Crippen molar-refractivity contribution in [1.29, 1.82) is 0 Å². The predicted octanol–water partition coefficient (Wildman–Crippen LogP) is 7.36. The van der Waals surface area contributed by atoms with Crippen LogP contribution >= 0.6 is 0 Å². The third-order valence-electron chi connectivity index (χ3n) is 7.11. The van der Waals surface area contributed by atoms with Crippen LogP contribution < -0.4 is 0 Å². The Kier molecular flexibility index (Phi) is 15.7. The molecule has 0 unspecified atom stereocenters. The molecule has 1 aromatic rings. The first kappa shape index (κ1) is 34.0. The molecular formula is C32H47NO8. The van der Waals surface area contributed by atoms with E-state index in [2.05, 4.69) is 13.8 Å². The number of hydrogen-bond acceptors (Lipinski definition) is 8. The molecule has 9 nitrogen and oxygen atoms in total. The summed E-state index contributed by atoms with van der Waals surface area (Å²) in [6.07, 6.45) is 17.4. The van der Waals surface area contributed by atoms with Gasteiger partial charge in [0.2, 0.25) is 0 Å². The summed E-state index contributed by atoms with van der Waals surface area (Å²) >= 11 is 0. The van der Waals surface area contributed by atoms with Crippen molar-refractivity contribution in [2.24, 2.45) is 0 Å². The van der Waals surface area contributed by atoms with E-state index in [1.54, 1.807) is 0 Å². The minimum absolute atomic E-state index is 0.144. The second-order valence-corrected chi connectivity index (χ2v) is 10.7. The molecule has 1 aromatic carbocycles. The van der Waals surface area contributed by atoms with Crippen molar-refractivity contribution in [3.05, 3.63) is 34.4 Å². The first-order valence-electron chi connectivity index (χ1n) is 15.4. The van der Waals surface area contributed by atoms with Crippen LogP contribution in [-0.4, -0.2) is 48.0 Å². The number of ether oxygens (including phenoxy) is 2. The maximum atomic E-state index is 13.0. The lowest BCUT2D eigenvalue weighted by Crippen LogP contribution is -2.31. The second kappa shape index (κ2) is 19.0. The fourth-order valence-electron chi connectivity index (χ4n) is 4.77. The van der Waals surface area contributed by atoms with Gasteiger partial charge in [0.15, 0.2) is 0 Å². The molecule has 1 aliphatic heterocycles. The highest BCUT2D eigenvalue weighted by molar-refractivity contribution is 6.22.